The Morgan fingerprint density at radius 3 is 2.82 bits per heavy atom. The summed E-state index contributed by atoms with van der Waals surface area (Å²) in [6.45, 7) is 0.286. The number of halogens is 3. The van der Waals surface area contributed by atoms with E-state index in [1.165, 1.54) is 12.1 Å². The van der Waals surface area contributed by atoms with Crippen molar-refractivity contribution in [2.45, 2.75) is 25.1 Å². The number of thiazole rings is 1. The molecular formula is C20H17F3N2O2S. The van der Waals surface area contributed by atoms with Gasteiger partial charge in [-0.3, -0.25) is 4.79 Å². The van der Waals surface area contributed by atoms with Gasteiger partial charge in [0.05, 0.1) is 21.8 Å². The molecule has 0 aliphatic carbocycles. The number of hydrogen-bond donors (Lipinski definition) is 0. The molecule has 3 aromatic rings. The zero-order valence-electron chi connectivity index (χ0n) is 14.8. The number of fused-ring (bicyclic) bond motifs is 1. The molecule has 1 aromatic heterocycles. The van der Waals surface area contributed by atoms with Gasteiger partial charge < -0.3 is 9.64 Å². The molecule has 0 radical (unpaired) electrons. The number of alkyl halides is 3. The van der Waals surface area contributed by atoms with Crippen LogP contribution in [0.1, 0.15) is 29.5 Å². The van der Waals surface area contributed by atoms with Gasteiger partial charge in [-0.05, 0) is 43.2 Å². The topological polar surface area (TPSA) is 42.4 Å². The Bertz CT molecular complexity index is 969. The summed E-state index contributed by atoms with van der Waals surface area (Å²) in [6.07, 6.45) is -2.78. The van der Waals surface area contributed by atoms with E-state index in [2.05, 4.69) is 4.98 Å². The molecule has 4 rings (SSSR count). The number of amides is 1. The van der Waals surface area contributed by atoms with Crippen molar-refractivity contribution in [3.05, 3.63) is 59.1 Å². The predicted octanol–water partition coefficient (Wildman–Crippen LogP) is 5.06. The van der Waals surface area contributed by atoms with Crippen molar-refractivity contribution in [2.75, 3.05) is 13.2 Å². The highest BCUT2D eigenvalue weighted by Crippen LogP contribution is 2.36. The maximum Gasteiger partial charge on any atom is 0.416 e. The molecule has 0 saturated carbocycles. The second kappa shape index (κ2) is 7.43. The van der Waals surface area contributed by atoms with E-state index in [1.54, 1.807) is 16.2 Å². The first-order valence-electron chi connectivity index (χ1n) is 8.87. The molecule has 1 aliphatic rings. The van der Waals surface area contributed by atoms with Crippen LogP contribution >= 0.6 is 11.3 Å². The first kappa shape index (κ1) is 18.7. The molecule has 0 N–H and O–H groups in total. The van der Waals surface area contributed by atoms with Crippen molar-refractivity contribution >= 4 is 27.5 Å². The molecule has 8 heteroatoms. The zero-order chi connectivity index (χ0) is 19.7. The number of likely N-dealkylation sites (tertiary alicyclic amines) is 1. The third-order valence-electron chi connectivity index (χ3n) is 4.69. The Balaban J connectivity index is 1.45. The van der Waals surface area contributed by atoms with Gasteiger partial charge in [-0.2, -0.15) is 13.2 Å². The Morgan fingerprint density at radius 2 is 2.04 bits per heavy atom. The molecule has 1 atom stereocenters. The van der Waals surface area contributed by atoms with Gasteiger partial charge in [0.2, 0.25) is 0 Å². The van der Waals surface area contributed by atoms with E-state index in [1.807, 2.05) is 24.3 Å². The van der Waals surface area contributed by atoms with Crippen LogP contribution in [0.25, 0.3) is 10.2 Å². The Labute approximate surface area is 163 Å². The number of carbonyl (C=O) groups is 1. The van der Waals surface area contributed by atoms with Gasteiger partial charge in [0.1, 0.15) is 10.8 Å². The summed E-state index contributed by atoms with van der Waals surface area (Å²) in [5, 5.41) is 0.881. The highest BCUT2D eigenvalue weighted by atomic mass is 32.1. The van der Waals surface area contributed by atoms with Gasteiger partial charge in [-0.1, -0.05) is 18.2 Å². The zero-order valence-corrected chi connectivity index (χ0v) is 15.6. The van der Waals surface area contributed by atoms with Gasteiger partial charge in [0, 0.05) is 6.54 Å². The molecule has 1 unspecified atom stereocenters. The first-order chi connectivity index (χ1) is 13.4. The van der Waals surface area contributed by atoms with Crippen LogP contribution in [0, 0.1) is 0 Å². The quantitative estimate of drug-likeness (QED) is 0.608. The fourth-order valence-corrected chi connectivity index (χ4v) is 4.46. The molecule has 1 saturated heterocycles. The summed E-state index contributed by atoms with van der Waals surface area (Å²) in [5.41, 5.74) is 0.105. The lowest BCUT2D eigenvalue weighted by atomic mass is 10.2. The van der Waals surface area contributed by atoms with Crippen molar-refractivity contribution in [1.82, 2.24) is 9.88 Å². The van der Waals surface area contributed by atoms with Gasteiger partial charge in [0.15, 0.2) is 6.61 Å². The summed E-state index contributed by atoms with van der Waals surface area (Å²) in [5.74, 6) is -0.224. The van der Waals surface area contributed by atoms with E-state index in [9.17, 15) is 18.0 Å². The van der Waals surface area contributed by atoms with Gasteiger partial charge in [0.25, 0.3) is 5.91 Å². The van der Waals surface area contributed by atoms with E-state index in [0.717, 1.165) is 40.2 Å². The second-order valence-electron chi connectivity index (χ2n) is 6.58. The van der Waals surface area contributed by atoms with Gasteiger partial charge in [-0.15, -0.1) is 11.3 Å². The number of rotatable bonds is 4. The number of ether oxygens (including phenoxy) is 1. The molecule has 1 amide bonds. The normalized spacial score (nSPS) is 17.2. The number of para-hydroxylation sites is 1. The van der Waals surface area contributed by atoms with E-state index >= 15 is 0 Å². The van der Waals surface area contributed by atoms with Crippen LogP contribution in [0.15, 0.2) is 48.5 Å². The Hall–Kier alpha value is -2.61. The number of nitrogens with zero attached hydrogens (tertiary/aromatic N) is 2. The van der Waals surface area contributed by atoms with Crippen molar-refractivity contribution in [3.8, 4) is 5.75 Å². The highest BCUT2D eigenvalue weighted by Gasteiger charge is 2.33. The average molecular weight is 406 g/mol. The standard InChI is InChI=1S/C20H17F3N2O2S/c21-20(22,23)13-5-3-6-14(11-13)27-12-18(26)25-10-4-8-16(25)19-24-15-7-1-2-9-17(15)28-19/h1-3,5-7,9,11,16H,4,8,10,12H2. The highest BCUT2D eigenvalue weighted by molar-refractivity contribution is 7.18. The third-order valence-corrected chi connectivity index (χ3v) is 5.83. The monoisotopic (exact) mass is 406 g/mol. The molecule has 4 nitrogen and oxygen atoms in total. The fraction of sp³-hybridized carbons (Fsp3) is 0.300. The lowest BCUT2D eigenvalue weighted by molar-refractivity contribution is -0.137. The summed E-state index contributed by atoms with van der Waals surface area (Å²) < 4.78 is 44.8. The number of aromatic nitrogens is 1. The molecular weight excluding hydrogens is 389 g/mol. The maximum absolute atomic E-state index is 12.8. The van der Waals surface area contributed by atoms with Crippen molar-refractivity contribution in [2.24, 2.45) is 0 Å². The minimum Gasteiger partial charge on any atom is -0.484 e. The molecule has 28 heavy (non-hydrogen) atoms. The van der Waals surface area contributed by atoms with E-state index in [4.69, 9.17) is 4.74 Å². The lowest BCUT2D eigenvalue weighted by Gasteiger charge is -2.23. The van der Waals surface area contributed by atoms with Crippen LogP contribution in [0.5, 0.6) is 5.75 Å². The van der Waals surface area contributed by atoms with E-state index in [0.29, 0.717) is 6.54 Å². The minimum absolute atomic E-state index is 0.0268. The molecule has 0 spiro atoms. The summed E-state index contributed by atoms with van der Waals surface area (Å²) in [4.78, 5) is 19.0. The SMILES string of the molecule is O=C(COc1cccc(C(F)(F)F)c1)N1CCCC1c1nc2ccccc2s1. The third kappa shape index (κ3) is 3.82. The van der Waals surface area contributed by atoms with Crippen LogP contribution in [0.2, 0.25) is 0 Å². The molecule has 2 aromatic carbocycles. The van der Waals surface area contributed by atoms with Gasteiger partial charge in [-0.25, -0.2) is 4.98 Å². The molecule has 146 valence electrons. The summed E-state index contributed by atoms with van der Waals surface area (Å²) in [7, 11) is 0. The number of hydrogen-bond acceptors (Lipinski definition) is 4. The lowest BCUT2D eigenvalue weighted by Crippen LogP contribution is -2.34. The second-order valence-corrected chi connectivity index (χ2v) is 7.64. The summed E-state index contributed by atoms with van der Waals surface area (Å²) in [6, 6.07) is 12.2. The number of benzene rings is 2. The van der Waals surface area contributed by atoms with Crippen molar-refractivity contribution in [3.63, 3.8) is 0 Å². The van der Waals surface area contributed by atoms with Crippen LogP contribution in [-0.2, 0) is 11.0 Å². The largest absolute Gasteiger partial charge is 0.484 e. The average Bonchev–Trinajstić information content (AvgIpc) is 3.32. The van der Waals surface area contributed by atoms with Crippen molar-refractivity contribution < 1.29 is 22.7 Å². The van der Waals surface area contributed by atoms with Crippen LogP contribution in [0.3, 0.4) is 0 Å². The predicted molar refractivity (Wildman–Crippen MR) is 100 cm³/mol. The minimum atomic E-state index is -4.45. The molecule has 1 fully saturated rings. The van der Waals surface area contributed by atoms with Crippen LogP contribution in [0.4, 0.5) is 13.2 Å². The Kier molecular flexibility index (Phi) is 4.97. The smallest absolute Gasteiger partial charge is 0.416 e. The van der Waals surface area contributed by atoms with E-state index < -0.39 is 11.7 Å². The summed E-state index contributed by atoms with van der Waals surface area (Å²) >= 11 is 1.56. The molecule has 0 bridgehead atoms. The molecule has 1 aliphatic heterocycles. The van der Waals surface area contributed by atoms with Gasteiger partial charge >= 0.3 is 6.18 Å². The van der Waals surface area contributed by atoms with Crippen molar-refractivity contribution in [1.29, 1.82) is 0 Å². The first-order valence-corrected chi connectivity index (χ1v) is 9.68. The maximum atomic E-state index is 12.8. The number of carbonyl (C=O) groups excluding carboxylic acids is 1. The fourth-order valence-electron chi connectivity index (χ4n) is 3.34. The molecule has 2 heterocycles. The van der Waals surface area contributed by atoms with E-state index in [-0.39, 0.29) is 24.3 Å². The van der Waals surface area contributed by atoms with Crippen LogP contribution < -0.4 is 4.74 Å². The Morgan fingerprint density at radius 1 is 1.21 bits per heavy atom. The van der Waals surface area contributed by atoms with Crippen LogP contribution in [-0.4, -0.2) is 28.9 Å².